The standard InChI is InChI=1S/C15H30N2O3/c1-4-20-15(19)16-14-8-13(6-5-7-18)10-17(11-14)9-12(2)3/h12-14,18H,4-11H2,1-3H3,(H,16,19). The first-order valence-corrected chi connectivity index (χ1v) is 7.81. The second-order valence-electron chi connectivity index (χ2n) is 6.14. The average molecular weight is 286 g/mol. The molecule has 0 saturated carbocycles. The molecule has 0 bridgehead atoms. The third-order valence-electron chi connectivity index (χ3n) is 3.60. The number of rotatable bonds is 7. The van der Waals surface area contributed by atoms with Crippen molar-refractivity contribution in [2.75, 3.05) is 32.8 Å². The van der Waals surface area contributed by atoms with E-state index < -0.39 is 0 Å². The lowest BCUT2D eigenvalue weighted by Crippen LogP contribution is -2.51. The number of hydrogen-bond acceptors (Lipinski definition) is 4. The molecular weight excluding hydrogens is 256 g/mol. The molecule has 118 valence electrons. The van der Waals surface area contributed by atoms with Gasteiger partial charge in [0.1, 0.15) is 0 Å². The SMILES string of the molecule is CCOC(=O)NC1CC(CCCO)CN(CC(C)C)C1. The van der Waals surface area contributed by atoms with Crippen molar-refractivity contribution in [1.82, 2.24) is 10.2 Å². The average Bonchev–Trinajstić information content (AvgIpc) is 2.35. The van der Waals surface area contributed by atoms with E-state index in [0.29, 0.717) is 18.4 Å². The van der Waals surface area contributed by atoms with Gasteiger partial charge in [-0.3, -0.25) is 0 Å². The van der Waals surface area contributed by atoms with Crippen LogP contribution in [0.2, 0.25) is 0 Å². The smallest absolute Gasteiger partial charge is 0.407 e. The molecule has 0 aromatic carbocycles. The summed E-state index contributed by atoms with van der Waals surface area (Å²) in [6.07, 6.45) is 2.52. The molecule has 1 rings (SSSR count). The number of piperidine rings is 1. The van der Waals surface area contributed by atoms with Crippen LogP contribution in [0.1, 0.15) is 40.0 Å². The molecule has 2 N–H and O–H groups in total. The number of carbonyl (C=O) groups excluding carboxylic acids is 1. The molecule has 0 aliphatic carbocycles. The molecule has 20 heavy (non-hydrogen) atoms. The van der Waals surface area contributed by atoms with Crippen molar-refractivity contribution in [3.05, 3.63) is 0 Å². The monoisotopic (exact) mass is 286 g/mol. The quantitative estimate of drug-likeness (QED) is 0.750. The van der Waals surface area contributed by atoms with E-state index in [4.69, 9.17) is 9.84 Å². The van der Waals surface area contributed by atoms with Crippen molar-refractivity contribution in [3.8, 4) is 0 Å². The number of amides is 1. The van der Waals surface area contributed by atoms with Crippen LogP contribution in [-0.2, 0) is 4.74 Å². The highest BCUT2D eigenvalue weighted by Gasteiger charge is 2.28. The lowest BCUT2D eigenvalue weighted by molar-refractivity contribution is 0.105. The maximum atomic E-state index is 11.6. The fraction of sp³-hybridized carbons (Fsp3) is 0.933. The van der Waals surface area contributed by atoms with E-state index in [1.165, 1.54) is 0 Å². The van der Waals surface area contributed by atoms with Crippen LogP contribution in [0.4, 0.5) is 4.79 Å². The fourth-order valence-corrected chi connectivity index (χ4v) is 3.00. The zero-order valence-corrected chi connectivity index (χ0v) is 13.1. The Hall–Kier alpha value is -0.810. The molecule has 1 heterocycles. The van der Waals surface area contributed by atoms with Gasteiger partial charge >= 0.3 is 6.09 Å². The van der Waals surface area contributed by atoms with Crippen LogP contribution in [0.3, 0.4) is 0 Å². The van der Waals surface area contributed by atoms with Crippen LogP contribution in [0.25, 0.3) is 0 Å². The molecule has 5 nitrogen and oxygen atoms in total. The number of hydrogen-bond donors (Lipinski definition) is 2. The van der Waals surface area contributed by atoms with Gasteiger partial charge in [-0.2, -0.15) is 0 Å². The predicted molar refractivity (Wildman–Crippen MR) is 79.7 cm³/mol. The number of ether oxygens (including phenoxy) is 1. The first kappa shape index (κ1) is 17.2. The summed E-state index contributed by atoms with van der Waals surface area (Å²) in [7, 11) is 0. The summed E-state index contributed by atoms with van der Waals surface area (Å²) in [6.45, 7) is 9.91. The summed E-state index contributed by atoms with van der Waals surface area (Å²) in [5, 5.41) is 12.0. The van der Waals surface area contributed by atoms with Gasteiger partial charge in [-0.05, 0) is 38.0 Å². The molecule has 0 radical (unpaired) electrons. The van der Waals surface area contributed by atoms with Gasteiger partial charge in [0.05, 0.1) is 6.61 Å². The fourth-order valence-electron chi connectivity index (χ4n) is 3.00. The van der Waals surface area contributed by atoms with Crippen molar-refractivity contribution in [2.24, 2.45) is 11.8 Å². The van der Waals surface area contributed by atoms with E-state index in [9.17, 15) is 4.79 Å². The van der Waals surface area contributed by atoms with Gasteiger partial charge in [-0.15, -0.1) is 0 Å². The number of likely N-dealkylation sites (tertiary alicyclic amines) is 1. The maximum Gasteiger partial charge on any atom is 0.407 e. The summed E-state index contributed by atoms with van der Waals surface area (Å²) < 4.78 is 4.97. The van der Waals surface area contributed by atoms with Crippen molar-refractivity contribution >= 4 is 6.09 Å². The normalized spacial score (nSPS) is 23.9. The number of alkyl carbamates (subject to hydrolysis) is 1. The van der Waals surface area contributed by atoms with Crippen LogP contribution in [0.5, 0.6) is 0 Å². The zero-order chi connectivity index (χ0) is 15.0. The van der Waals surface area contributed by atoms with Gasteiger partial charge in [0.2, 0.25) is 0 Å². The lowest BCUT2D eigenvalue weighted by atomic mass is 9.90. The lowest BCUT2D eigenvalue weighted by Gasteiger charge is -2.38. The van der Waals surface area contributed by atoms with E-state index in [1.54, 1.807) is 0 Å². The third-order valence-corrected chi connectivity index (χ3v) is 3.60. The molecule has 1 fully saturated rings. The van der Waals surface area contributed by atoms with Gasteiger partial charge in [0, 0.05) is 32.3 Å². The number of carbonyl (C=O) groups is 1. The molecule has 2 unspecified atom stereocenters. The van der Waals surface area contributed by atoms with Crippen molar-refractivity contribution < 1.29 is 14.6 Å². The first-order valence-electron chi connectivity index (χ1n) is 7.81. The molecule has 1 amide bonds. The van der Waals surface area contributed by atoms with E-state index in [-0.39, 0.29) is 18.7 Å². The Kier molecular flexibility index (Phi) is 7.92. The third kappa shape index (κ3) is 6.57. The second-order valence-corrected chi connectivity index (χ2v) is 6.14. The topological polar surface area (TPSA) is 61.8 Å². The Morgan fingerprint density at radius 3 is 2.80 bits per heavy atom. The van der Waals surface area contributed by atoms with E-state index in [0.717, 1.165) is 38.9 Å². The molecule has 0 spiro atoms. The minimum Gasteiger partial charge on any atom is -0.450 e. The second kappa shape index (κ2) is 9.19. The van der Waals surface area contributed by atoms with Crippen LogP contribution in [-0.4, -0.2) is 55.0 Å². The number of nitrogens with one attached hydrogen (secondary N) is 1. The van der Waals surface area contributed by atoms with E-state index in [1.807, 2.05) is 6.92 Å². The van der Waals surface area contributed by atoms with Crippen LogP contribution in [0, 0.1) is 11.8 Å². The van der Waals surface area contributed by atoms with Crippen molar-refractivity contribution in [1.29, 1.82) is 0 Å². The highest BCUT2D eigenvalue weighted by molar-refractivity contribution is 5.67. The Labute approximate surface area is 122 Å². The molecule has 1 aliphatic rings. The molecule has 5 heteroatoms. The highest BCUT2D eigenvalue weighted by Crippen LogP contribution is 2.22. The van der Waals surface area contributed by atoms with E-state index in [2.05, 4.69) is 24.1 Å². The van der Waals surface area contributed by atoms with Gasteiger partial charge in [-0.25, -0.2) is 4.79 Å². The molecule has 1 saturated heterocycles. The van der Waals surface area contributed by atoms with Gasteiger partial charge in [0.15, 0.2) is 0 Å². The molecule has 0 aromatic heterocycles. The first-order chi connectivity index (χ1) is 9.55. The minimum absolute atomic E-state index is 0.158. The van der Waals surface area contributed by atoms with Gasteiger partial charge in [0.25, 0.3) is 0 Å². The Morgan fingerprint density at radius 2 is 2.20 bits per heavy atom. The molecular formula is C15H30N2O3. The van der Waals surface area contributed by atoms with Gasteiger partial charge in [-0.1, -0.05) is 13.8 Å². The summed E-state index contributed by atoms with van der Waals surface area (Å²) in [5.74, 6) is 1.16. The molecule has 2 atom stereocenters. The number of aliphatic hydroxyl groups excluding tert-OH is 1. The van der Waals surface area contributed by atoms with Gasteiger partial charge < -0.3 is 20.1 Å². The Bertz CT molecular complexity index is 284. The molecule has 1 aliphatic heterocycles. The maximum absolute atomic E-state index is 11.6. The van der Waals surface area contributed by atoms with Crippen LogP contribution < -0.4 is 5.32 Å². The highest BCUT2D eigenvalue weighted by atomic mass is 16.5. The Balaban J connectivity index is 2.51. The predicted octanol–water partition coefficient (Wildman–Crippen LogP) is 1.85. The molecule has 0 aromatic rings. The Morgan fingerprint density at radius 1 is 1.45 bits per heavy atom. The number of nitrogens with zero attached hydrogens (tertiary/aromatic N) is 1. The summed E-state index contributed by atoms with van der Waals surface area (Å²) in [4.78, 5) is 14.0. The summed E-state index contributed by atoms with van der Waals surface area (Å²) >= 11 is 0. The van der Waals surface area contributed by atoms with Crippen molar-refractivity contribution in [2.45, 2.75) is 46.1 Å². The van der Waals surface area contributed by atoms with Crippen molar-refractivity contribution in [3.63, 3.8) is 0 Å². The summed E-state index contributed by atoms with van der Waals surface area (Å²) in [6, 6.07) is 0.158. The number of aliphatic hydroxyl groups is 1. The van der Waals surface area contributed by atoms with E-state index >= 15 is 0 Å². The van der Waals surface area contributed by atoms with Crippen LogP contribution >= 0.6 is 0 Å². The minimum atomic E-state index is -0.315. The van der Waals surface area contributed by atoms with Crippen LogP contribution in [0.15, 0.2) is 0 Å². The largest absolute Gasteiger partial charge is 0.450 e. The zero-order valence-electron chi connectivity index (χ0n) is 13.1. The summed E-state index contributed by atoms with van der Waals surface area (Å²) in [5.41, 5.74) is 0.